The number of nitrogens with one attached hydrogen (secondary N) is 1. The Hall–Kier alpha value is -3.34. The van der Waals surface area contributed by atoms with Gasteiger partial charge in [-0.1, -0.05) is 32.9 Å². The number of carbonyl (C=O) groups excluding carboxylic acids is 1. The number of rotatable bonds is 3. The van der Waals surface area contributed by atoms with Crippen LogP contribution in [-0.2, 0) is 11.0 Å². The van der Waals surface area contributed by atoms with E-state index in [4.69, 9.17) is 0 Å². The number of hydrogen-bond donors (Lipinski definition) is 1. The number of hydrogen-bond acceptors (Lipinski definition) is 3. The first-order valence-corrected chi connectivity index (χ1v) is 8.88. The number of amides is 1. The Morgan fingerprint density at radius 2 is 1.79 bits per heavy atom. The molecule has 1 aromatic carbocycles. The van der Waals surface area contributed by atoms with Gasteiger partial charge in [0.15, 0.2) is 5.82 Å². The molecular formula is C21H19F3N4O. The summed E-state index contributed by atoms with van der Waals surface area (Å²) in [6.45, 7) is 5.77. The topological polar surface area (TPSA) is 70.2 Å². The average Bonchev–Trinajstić information content (AvgIpc) is 2.95. The van der Waals surface area contributed by atoms with Gasteiger partial charge in [-0.2, -0.15) is 18.4 Å². The van der Waals surface area contributed by atoms with Crippen LogP contribution in [-0.4, -0.2) is 15.3 Å². The highest BCUT2D eigenvalue weighted by molar-refractivity contribution is 5.94. The second kappa shape index (κ2) is 7.24. The fraction of sp³-hybridized carbons (Fsp3) is 0.286. The van der Waals surface area contributed by atoms with Gasteiger partial charge in [0, 0.05) is 18.2 Å². The second-order valence-electron chi connectivity index (χ2n) is 7.93. The summed E-state index contributed by atoms with van der Waals surface area (Å²) in [7, 11) is 0. The van der Waals surface area contributed by atoms with Crippen LogP contribution in [0.3, 0.4) is 0 Å². The summed E-state index contributed by atoms with van der Waals surface area (Å²) in [6.07, 6.45) is -2.67. The van der Waals surface area contributed by atoms with E-state index < -0.39 is 11.7 Å². The van der Waals surface area contributed by atoms with Gasteiger partial charge >= 0.3 is 6.18 Å². The first kappa shape index (κ1) is 20.4. The normalized spacial score (nSPS) is 12.0. The number of benzene rings is 1. The third-order valence-electron chi connectivity index (χ3n) is 4.18. The Balaban J connectivity index is 2.12. The number of alkyl halides is 3. The van der Waals surface area contributed by atoms with E-state index in [1.807, 2.05) is 26.8 Å². The van der Waals surface area contributed by atoms with Crippen LogP contribution in [0.2, 0.25) is 0 Å². The zero-order valence-electron chi connectivity index (χ0n) is 16.1. The van der Waals surface area contributed by atoms with Crippen molar-refractivity contribution in [2.75, 3.05) is 5.32 Å². The molecule has 0 saturated heterocycles. The highest BCUT2D eigenvalue weighted by Crippen LogP contribution is 2.34. The minimum atomic E-state index is -4.45. The predicted molar refractivity (Wildman–Crippen MR) is 103 cm³/mol. The van der Waals surface area contributed by atoms with Gasteiger partial charge in [-0.15, -0.1) is 0 Å². The van der Waals surface area contributed by atoms with Gasteiger partial charge in [-0.25, -0.2) is 4.98 Å². The minimum Gasteiger partial charge on any atom is -0.309 e. The van der Waals surface area contributed by atoms with Crippen LogP contribution in [0.1, 0.15) is 38.3 Å². The van der Waals surface area contributed by atoms with Crippen LogP contribution >= 0.6 is 0 Å². The monoisotopic (exact) mass is 400 g/mol. The quantitative estimate of drug-likeness (QED) is 0.651. The molecule has 2 heterocycles. The third kappa shape index (κ3) is 4.57. The van der Waals surface area contributed by atoms with E-state index in [0.717, 1.165) is 12.1 Å². The summed E-state index contributed by atoms with van der Waals surface area (Å²) in [5, 5.41) is 11.9. The largest absolute Gasteiger partial charge is 0.416 e. The smallest absolute Gasteiger partial charge is 0.309 e. The average molecular weight is 400 g/mol. The van der Waals surface area contributed by atoms with E-state index in [1.54, 1.807) is 16.5 Å². The summed E-state index contributed by atoms with van der Waals surface area (Å²) in [5.41, 5.74) is 0.651. The highest BCUT2D eigenvalue weighted by Gasteiger charge is 2.30. The standard InChI is InChI=1S/C21H19F3N4O/c1-20(2,3)10-17(29)27-19-18(14-5-7-15(8-6-14)21(22,23)24)28-12-13(11-25)4-9-16(28)26-19/h4-9,12H,10H2,1-3H3,(H,27,29). The summed E-state index contributed by atoms with van der Waals surface area (Å²) in [4.78, 5) is 16.8. The number of fused-ring (bicyclic) bond motifs is 1. The molecule has 0 atom stereocenters. The van der Waals surface area contributed by atoms with Crippen LogP contribution in [0.5, 0.6) is 0 Å². The fourth-order valence-electron chi connectivity index (χ4n) is 2.95. The van der Waals surface area contributed by atoms with E-state index >= 15 is 0 Å². The fourth-order valence-corrected chi connectivity index (χ4v) is 2.95. The van der Waals surface area contributed by atoms with Gasteiger partial charge in [0.05, 0.1) is 16.8 Å². The van der Waals surface area contributed by atoms with Gasteiger partial charge in [0.2, 0.25) is 5.91 Å². The van der Waals surface area contributed by atoms with Gasteiger partial charge in [-0.05, 0) is 29.7 Å². The molecule has 8 heteroatoms. The summed E-state index contributed by atoms with van der Waals surface area (Å²) in [6, 6.07) is 9.82. The summed E-state index contributed by atoms with van der Waals surface area (Å²) >= 11 is 0. The zero-order valence-corrected chi connectivity index (χ0v) is 16.1. The molecule has 0 saturated carbocycles. The van der Waals surface area contributed by atoms with Crippen molar-refractivity contribution >= 4 is 17.4 Å². The molecule has 1 amide bonds. The lowest BCUT2D eigenvalue weighted by atomic mass is 9.92. The molecule has 0 aliphatic heterocycles. The Bertz CT molecular complexity index is 1100. The molecule has 29 heavy (non-hydrogen) atoms. The van der Waals surface area contributed by atoms with Crippen molar-refractivity contribution in [3.05, 3.63) is 53.7 Å². The molecule has 3 aromatic rings. The molecule has 1 N–H and O–H groups in total. The van der Waals surface area contributed by atoms with Crippen LogP contribution in [0, 0.1) is 16.7 Å². The van der Waals surface area contributed by atoms with Gasteiger partial charge < -0.3 is 5.32 Å². The van der Waals surface area contributed by atoms with Crippen molar-refractivity contribution in [1.29, 1.82) is 5.26 Å². The van der Waals surface area contributed by atoms with Gasteiger partial charge in [-0.3, -0.25) is 9.20 Å². The summed E-state index contributed by atoms with van der Waals surface area (Å²) in [5.74, 6) is -0.0244. The van der Waals surface area contributed by atoms with Crippen LogP contribution in [0.15, 0.2) is 42.6 Å². The second-order valence-corrected chi connectivity index (χ2v) is 7.93. The lowest BCUT2D eigenvalue weighted by molar-refractivity contribution is -0.137. The molecule has 0 spiro atoms. The number of nitriles is 1. The lowest BCUT2D eigenvalue weighted by Crippen LogP contribution is -2.20. The van der Waals surface area contributed by atoms with Crippen LogP contribution < -0.4 is 5.32 Å². The molecule has 3 rings (SSSR count). The molecule has 0 aliphatic carbocycles. The van der Waals surface area contributed by atoms with Crippen molar-refractivity contribution < 1.29 is 18.0 Å². The number of anilines is 1. The molecule has 150 valence electrons. The Labute approximate surface area is 165 Å². The summed E-state index contributed by atoms with van der Waals surface area (Å²) < 4.78 is 40.3. The van der Waals surface area contributed by atoms with E-state index in [1.165, 1.54) is 18.3 Å². The van der Waals surface area contributed by atoms with Crippen molar-refractivity contribution in [2.24, 2.45) is 5.41 Å². The Morgan fingerprint density at radius 3 is 2.34 bits per heavy atom. The maximum Gasteiger partial charge on any atom is 0.416 e. The van der Waals surface area contributed by atoms with Crippen molar-refractivity contribution in [3.63, 3.8) is 0 Å². The third-order valence-corrected chi connectivity index (χ3v) is 4.18. The maximum atomic E-state index is 12.9. The van der Waals surface area contributed by atoms with E-state index in [0.29, 0.717) is 22.5 Å². The number of halogens is 3. The van der Waals surface area contributed by atoms with E-state index in [-0.39, 0.29) is 23.6 Å². The number of aromatic nitrogens is 2. The minimum absolute atomic E-state index is 0.231. The molecular weight excluding hydrogens is 381 g/mol. The van der Waals surface area contributed by atoms with E-state index in [9.17, 15) is 23.2 Å². The first-order valence-electron chi connectivity index (χ1n) is 8.88. The highest BCUT2D eigenvalue weighted by atomic mass is 19.4. The predicted octanol–water partition coefficient (Wildman–Crippen LogP) is 5.27. The lowest BCUT2D eigenvalue weighted by Gasteiger charge is -2.17. The molecule has 5 nitrogen and oxygen atoms in total. The molecule has 0 radical (unpaired) electrons. The first-order chi connectivity index (χ1) is 13.5. The van der Waals surface area contributed by atoms with E-state index in [2.05, 4.69) is 10.3 Å². The SMILES string of the molecule is CC(C)(C)CC(=O)Nc1nc2ccc(C#N)cn2c1-c1ccc(C(F)(F)F)cc1. The molecule has 0 aliphatic rings. The molecule has 0 unspecified atom stereocenters. The Morgan fingerprint density at radius 1 is 1.14 bits per heavy atom. The van der Waals surface area contributed by atoms with Crippen molar-refractivity contribution in [2.45, 2.75) is 33.4 Å². The number of pyridine rings is 1. The van der Waals surface area contributed by atoms with Gasteiger partial charge in [0.1, 0.15) is 11.7 Å². The zero-order chi connectivity index (χ0) is 21.4. The maximum absolute atomic E-state index is 12.9. The number of nitrogens with zero attached hydrogens (tertiary/aromatic N) is 3. The molecule has 0 fully saturated rings. The number of imidazole rings is 1. The number of carbonyl (C=O) groups is 1. The van der Waals surface area contributed by atoms with Crippen molar-refractivity contribution in [1.82, 2.24) is 9.38 Å². The van der Waals surface area contributed by atoms with Crippen molar-refractivity contribution in [3.8, 4) is 17.3 Å². The Kier molecular flexibility index (Phi) is 5.09. The molecule has 2 aromatic heterocycles. The van der Waals surface area contributed by atoms with Crippen LogP contribution in [0.4, 0.5) is 19.0 Å². The van der Waals surface area contributed by atoms with Crippen LogP contribution in [0.25, 0.3) is 16.9 Å². The van der Waals surface area contributed by atoms with Gasteiger partial charge in [0.25, 0.3) is 0 Å². The molecule has 0 bridgehead atoms.